The number of para-hydroxylation sites is 2. The summed E-state index contributed by atoms with van der Waals surface area (Å²) in [6, 6.07) is 10.9. The molecule has 3 aromatic rings. The van der Waals surface area contributed by atoms with Gasteiger partial charge in [0.05, 0.1) is 38.4 Å². The molecule has 8 heteroatoms. The van der Waals surface area contributed by atoms with Crippen LogP contribution in [0, 0.1) is 5.92 Å². The summed E-state index contributed by atoms with van der Waals surface area (Å²) in [7, 11) is 4.61. The minimum atomic E-state index is -0.323. The van der Waals surface area contributed by atoms with Crippen LogP contribution in [0.2, 0.25) is 0 Å². The van der Waals surface area contributed by atoms with Crippen molar-refractivity contribution in [2.45, 2.75) is 32.4 Å². The van der Waals surface area contributed by atoms with E-state index in [-0.39, 0.29) is 29.5 Å². The van der Waals surface area contributed by atoms with Gasteiger partial charge in [-0.15, -0.1) is 0 Å². The summed E-state index contributed by atoms with van der Waals surface area (Å²) in [6.07, 6.45) is 0.787. The van der Waals surface area contributed by atoms with Crippen LogP contribution in [0.3, 0.4) is 0 Å². The number of rotatable bonds is 7. The van der Waals surface area contributed by atoms with E-state index >= 15 is 0 Å². The van der Waals surface area contributed by atoms with Crippen molar-refractivity contribution < 1.29 is 19.0 Å². The second-order valence-electron chi connectivity index (χ2n) is 8.60. The molecular weight excluding hydrogens is 422 g/mol. The molecule has 2 aromatic carbocycles. The monoisotopic (exact) mass is 453 g/mol. The highest BCUT2D eigenvalue weighted by Gasteiger charge is 2.34. The lowest BCUT2D eigenvalue weighted by Gasteiger charge is -2.40. The number of carbonyl (C=O) groups excluding carboxylic acids is 1. The molecule has 0 spiro atoms. The van der Waals surface area contributed by atoms with Crippen molar-refractivity contribution in [3.05, 3.63) is 52.4 Å². The summed E-state index contributed by atoms with van der Waals surface area (Å²) >= 11 is 0. The van der Waals surface area contributed by atoms with Gasteiger partial charge in [0, 0.05) is 24.7 Å². The van der Waals surface area contributed by atoms with Crippen molar-refractivity contribution in [2.24, 2.45) is 5.92 Å². The maximum atomic E-state index is 13.4. The number of aromatic nitrogens is 2. The molecule has 1 N–H and O–H groups in total. The Balaban J connectivity index is 1.54. The fourth-order valence-electron chi connectivity index (χ4n) is 4.93. The van der Waals surface area contributed by atoms with E-state index in [1.54, 1.807) is 12.1 Å². The summed E-state index contributed by atoms with van der Waals surface area (Å²) in [5.41, 5.74) is 2.21. The van der Waals surface area contributed by atoms with Gasteiger partial charge in [0.1, 0.15) is 0 Å². The number of hydrogen-bond donors (Lipinski definition) is 1. The van der Waals surface area contributed by atoms with E-state index in [1.807, 2.05) is 35.8 Å². The number of nitrogens with zero attached hydrogens (tertiary/aromatic N) is 2. The van der Waals surface area contributed by atoms with E-state index in [9.17, 15) is 9.59 Å². The van der Waals surface area contributed by atoms with E-state index in [0.29, 0.717) is 29.4 Å². The molecule has 1 fully saturated rings. The van der Waals surface area contributed by atoms with E-state index in [1.165, 1.54) is 21.3 Å². The first-order valence-corrected chi connectivity index (χ1v) is 11.2. The molecule has 3 atom stereocenters. The number of ether oxygens (including phenoxy) is 3. The lowest BCUT2D eigenvalue weighted by molar-refractivity contribution is 0.0681. The standard InChI is InChI=1S/C25H31N3O5/c1-15-14-27(11-10-19(15)28-20-9-7-6-8-18(20)26-25(28)30)16(2)23(29)17-12-21(31-3)24(33-5)22(13-17)32-4/h6-9,12-13,15-16,19H,10-11,14H2,1-5H3,(H,26,30)/t15-,16?,19-/m0/s1. The smallest absolute Gasteiger partial charge is 0.326 e. The summed E-state index contributed by atoms with van der Waals surface area (Å²) < 4.78 is 18.1. The van der Waals surface area contributed by atoms with Crippen LogP contribution in [0.1, 0.15) is 36.7 Å². The topological polar surface area (TPSA) is 85.8 Å². The molecule has 1 aliphatic rings. The Morgan fingerprint density at radius 2 is 1.76 bits per heavy atom. The normalized spacial score (nSPS) is 19.9. The van der Waals surface area contributed by atoms with E-state index < -0.39 is 0 Å². The van der Waals surface area contributed by atoms with Gasteiger partial charge in [-0.1, -0.05) is 19.1 Å². The van der Waals surface area contributed by atoms with Gasteiger partial charge < -0.3 is 19.2 Å². The molecule has 1 unspecified atom stereocenters. The fraction of sp³-hybridized carbons (Fsp3) is 0.440. The van der Waals surface area contributed by atoms with Crippen LogP contribution in [-0.2, 0) is 0 Å². The minimum Gasteiger partial charge on any atom is -0.493 e. The first-order chi connectivity index (χ1) is 15.9. The highest BCUT2D eigenvalue weighted by Crippen LogP contribution is 2.39. The summed E-state index contributed by atoms with van der Waals surface area (Å²) in [5.74, 6) is 1.56. The molecule has 1 saturated heterocycles. The average Bonchev–Trinajstić information content (AvgIpc) is 3.17. The number of ketones is 1. The largest absolute Gasteiger partial charge is 0.493 e. The minimum absolute atomic E-state index is 0.0100. The van der Waals surface area contributed by atoms with Gasteiger partial charge >= 0.3 is 5.69 Å². The van der Waals surface area contributed by atoms with Crippen LogP contribution in [0.15, 0.2) is 41.2 Å². The molecule has 2 heterocycles. The third kappa shape index (κ3) is 4.11. The number of likely N-dealkylation sites (tertiary alicyclic amines) is 1. The third-order valence-corrected chi connectivity index (χ3v) is 6.72. The number of piperidine rings is 1. The second-order valence-corrected chi connectivity index (χ2v) is 8.60. The number of methoxy groups -OCH3 is 3. The zero-order chi connectivity index (χ0) is 23.7. The Labute approximate surface area is 193 Å². The van der Waals surface area contributed by atoms with Gasteiger partial charge in [0.15, 0.2) is 17.3 Å². The van der Waals surface area contributed by atoms with E-state index in [4.69, 9.17) is 14.2 Å². The van der Waals surface area contributed by atoms with Gasteiger partial charge in [-0.25, -0.2) is 4.79 Å². The average molecular weight is 454 g/mol. The Kier molecular flexibility index (Phi) is 6.47. The van der Waals surface area contributed by atoms with E-state index in [0.717, 1.165) is 24.0 Å². The SMILES string of the molecule is COc1cc(C(=O)C(C)N2CC[C@H](n3c(=O)[nH]c4ccccc43)[C@@H](C)C2)cc(OC)c1OC. The molecule has 0 radical (unpaired) electrons. The van der Waals surface area contributed by atoms with Crippen LogP contribution in [0.4, 0.5) is 0 Å². The number of H-pyrrole nitrogens is 1. The number of benzene rings is 2. The number of fused-ring (bicyclic) bond motifs is 1. The number of imidazole rings is 1. The van der Waals surface area contributed by atoms with Gasteiger partial charge in [0.25, 0.3) is 0 Å². The van der Waals surface area contributed by atoms with Crippen LogP contribution >= 0.6 is 0 Å². The summed E-state index contributed by atoms with van der Waals surface area (Å²) in [4.78, 5) is 31.2. The van der Waals surface area contributed by atoms with Crippen LogP contribution in [0.5, 0.6) is 17.2 Å². The molecule has 176 valence electrons. The maximum absolute atomic E-state index is 13.4. The lowest BCUT2D eigenvalue weighted by Crippen LogP contribution is -2.48. The Morgan fingerprint density at radius 1 is 1.09 bits per heavy atom. The Hall–Kier alpha value is -3.26. The van der Waals surface area contributed by atoms with Gasteiger partial charge in [-0.3, -0.25) is 14.3 Å². The highest BCUT2D eigenvalue weighted by atomic mass is 16.5. The molecular formula is C25H31N3O5. The van der Waals surface area contributed by atoms with Crippen molar-refractivity contribution in [2.75, 3.05) is 34.4 Å². The first-order valence-electron chi connectivity index (χ1n) is 11.2. The van der Waals surface area contributed by atoms with Crippen molar-refractivity contribution in [3.63, 3.8) is 0 Å². The molecule has 1 aliphatic heterocycles. The van der Waals surface area contributed by atoms with Gasteiger partial charge in [0.2, 0.25) is 5.75 Å². The Morgan fingerprint density at radius 3 is 2.36 bits per heavy atom. The zero-order valence-electron chi connectivity index (χ0n) is 19.8. The van der Waals surface area contributed by atoms with Crippen molar-refractivity contribution in [1.82, 2.24) is 14.5 Å². The van der Waals surface area contributed by atoms with Gasteiger partial charge in [-0.05, 0) is 43.5 Å². The van der Waals surface area contributed by atoms with Crippen LogP contribution in [0.25, 0.3) is 11.0 Å². The highest BCUT2D eigenvalue weighted by molar-refractivity contribution is 6.01. The van der Waals surface area contributed by atoms with Crippen LogP contribution in [-0.4, -0.2) is 60.7 Å². The Bertz CT molecular complexity index is 1190. The molecule has 1 aromatic heterocycles. The maximum Gasteiger partial charge on any atom is 0.326 e. The number of nitrogens with one attached hydrogen (secondary N) is 1. The second kappa shape index (κ2) is 9.31. The molecule has 0 saturated carbocycles. The lowest BCUT2D eigenvalue weighted by atomic mass is 9.91. The molecule has 33 heavy (non-hydrogen) atoms. The van der Waals surface area contributed by atoms with E-state index in [2.05, 4.69) is 16.8 Å². The van der Waals surface area contributed by atoms with Gasteiger partial charge in [-0.2, -0.15) is 0 Å². The number of carbonyl (C=O) groups is 1. The quantitative estimate of drug-likeness (QED) is 0.551. The molecule has 8 nitrogen and oxygen atoms in total. The summed E-state index contributed by atoms with van der Waals surface area (Å²) in [6.45, 7) is 5.50. The number of aromatic amines is 1. The summed E-state index contributed by atoms with van der Waals surface area (Å²) in [5, 5.41) is 0. The molecule has 0 bridgehead atoms. The first kappa shape index (κ1) is 22.9. The number of hydrogen-bond acceptors (Lipinski definition) is 6. The fourth-order valence-corrected chi connectivity index (χ4v) is 4.93. The van der Waals surface area contributed by atoms with Crippen molar-refractivity contribution >= 4 is 16.8 Å². The predicted octanol–water partition coefficient (Wildman–Crippen LogP) is 3.51. The van der Waals surface area contributed by atoms with Crippen LogP contribution < -0.4 is 19.9 Å². The zero-order valence-corrected chi connectivity index (χ0v) is 19.8. The molecule has 4 rings (SSSR count). The third-order valence-electron chi connectivity index (χ3n) is 6.72. The molecule has 0 amide bonds. The predicted molar refractivity (Wildman–Crippen MR) is 127 cm³/mol. The molecule has 0 aliphatic carbocycles. The number of Topliss-reactive ketones (excluding diaryl/α,β-unsaturated/α-hetero) is 1. The van der Waals surface area contributed by atoms with Crippen molar-refractivity contribution in [1.29, 1.82) is 0 Å². The van der Waals surface area contributed by atoms with Crippen molar-refractivity contribution in [3.8, 4) is 17.2 Å².